The van der Waals surface area contributed by atoms with E-state index in [4.69, 9.17) is 18.6 Å². The summed E-state index contributed by atoms with van der Waals surface area (Å²) < 4.78 is 21.7. The summed E-state index contributed by atoms with van der Waals surface area (Å²) in [7, 11) is 4.67. The van der Waals surface area contributed by atoms with Crippen molar-refractivity contribution in [3.05, 3.63) is 40.4 Å². The third-order valence-corrected chi connectivity index (χ3v) is 4.12. The molecule has 24 heavy (non-hydrogen) atoms. The molecule has 0 radical (unpaired) electrons. The Bertz CT molecular complexity index is 815. The van der Waals surface area contributed by atoms with Gasteiger partial charge in [-0.1, -0.05) is 6.07 Å². The van der Waals surface area contributed by atoms with E-state index in [1.807, 2.05) is 23.6 Å². The van der Waals surface area contributed by atoms with Gasteiger partial charge in [-0.3, -0.25) is 0 Å². The molecule has 0 amide bonds. The van der Waals surface area contributed by atoms with E-state index < -0.39 is 0 Å². The van der Waals surface area contributed by atoms with Gasteiger partial charge in [0.1, 0.15) is 0 Å². The van der Waals surface area contributed by atoms with E-state index in [2.05, 4.69) is 10.2 Å². The molecule has 0 aliphatic rings. The summed E-state index contributed by atoms with van der Waals surface area (Å²) in [4.78, 5) is 1.11. The van der Waals surface area contributed by atoms with Crippen LogP contribution in [0.1, 0.15) is 10.8 Å². The van der Waals surface area contributed by atoms with E-state index in [9.17, 15) is 0 Å². The topological polar surface area (TPSA) is 66.6 Å². The second-order valence-corrected chi connectivity index (χ2v) is 5.69. The van der Waals surface area contributed by atoms with Gasteiger partial charge in [0.15, 0.2) is 11.5 Å². The Morgan fingerprint density at radius 2 is 1.75 bits per heavy atom. The Kier molecular flexibility index (Phi) is 4.81. The van der Waals surface area contributed by atoms with Crippen LogP contribution < -0.4 is 14.2 Å². The van der Waals surface area contributed by atoms with Gasteiger partial charge >= 0.3 is 0 Å². The molecule has 0 atom stereocenters. The minimum Gasteiger partial charge on any atom is -0.493 e. The number of nitrogens with zero attached hydrogens (tertiary/aromatic N) is 2. The third kappa shape index (κ3) is 3.26. The molecular formula is C17H16N2O4S. The molecule has 0 fully saturated rings. The van der Waals surface area contributed by atoms with Crippen LogP contribution in [0.3, 0.4) is 0 Å². The maximum absolute atomic E-state index is 5.68. The van der Waals surface area contributed by atoms with Crippen LogP contribution in [0.5, 0.6) is 17.2 Å². The number of thiophene rings is 1. The lowest BCUT2D eigenvalue weighted by atomic mass is 10.2. The molecule has 124 valence electrons. The van der Waals surface area contributed by atoms with Crippen molar-refractivity contribution in [3.63, 3.8) is 0 Å². The third-order valence-electron chi connectivity index (χ3n) is 3.29. The van der Waals surface area contributed by atoms with Crippen LogP contribution >= 0.6 is 11.3 Å². The van der Waals surface area contributed by atoms with Gasteiger partial charge in [-0.05, 0) is 29.7 Å². The molecule has 0 saturated carbocycles. The second kappa shape index (κ2) is 7.18. The van der Waals surface area contributed by atoms with Gasteiger partial charge < -0.3 is 18.6 Å². The fourth-order valence-corrected chi connectivity index (χ4v) is 2.78. The molecule has 7 heteroatoms. The van der Waals surface area contributed by atoms with Crippen LogP contribution in [0.15, 0.2) is 34.1 Å². The lowest BCUT2D eigenvalue weighted by molar-refractivity contribution is 0.324. The highest BCUT2D eigenvalue weighted by atomic mass is 32.1. The van der Waals surface area contributed by atoms with Gasteiger partial charge in [-0.2, -0.15) is 0 Å². The minimum absolute atomic E-state index is 0.375. The first kappa shape index (κ1) is 16.1. The van der Waals surface area contributed by atoms with E-state index in [1.165, 1.54) is 0 Å². The van der Waals surface area contributed by atoms with E-state index in [0.29, 0.717) is 34.6 Å². The number of benzene rings is 1. The summed E-state index contributed by atoms with van der Waals surface area (Å²) in [5.41, 5.74) is 0.688. The predicted molar refractivity (Wildman–Crippen MR) is 92.6 cm³/mol. The molecule has 0 bridgehead atoms. The summed E-state index contributed by atoms with van der Waals surface area (Å²) in [6.45, 7) is 0. The number of rotatable bonds is 6. The van der Waals surface area contributed by atoms with Crippen molar-refractivity contribution in [2.24, 2.45) is 0 Å². The largest absolute Gasteiger partial charge is 0.493 e. The second-order valence-electron chi connectivity index (χ2n) is 4.71. The molecule has 0 saturated heterocycles. The summed E-state index contributed by atoms with van der Waals surface area (Å²) in [6.07, 6.45) is 3.71. The first-order valence-corrected chi connectivity index (χ1v) is 7.98. The summed E-state index contributed by atoms with van der Waals surface area (Å²) in [5.74, 6) is 2.37. The SMILES string of the molecule is COc1cc(-c2nnc(/C=C/c3cccs3)o2)cc(OC)c1OC. The Morgan fingerprint density at radius 1 is 1.00 bits per heavy atom. The van der Waals surface area contributed by atoms with E-state index in [-0.39, 0.29) is 0 Å². The molecule has 2 heterocycles. The highest BCUT2D eigenvalue weighted by Crippen LogP contribution is 2.40. The molecule has 6 nitrogen and oxygen atoms in total. The highest BCUT2D eigenvalue weighted by molar-refractivity contribution is 7.10. The van der Waals surface area contributed by atoms with Crippen molar-refractivity contribution in [1.82, 2.24) is 10.2 Å². The van der Waals surface area contributed by atoms with Crippen molar-refractivity contribution >= 4 is 23.5 Å². The standard InChI is InChI=1S/C17H16N2O4S/c1-20-13-9-11(10-14(21-2)16(13)22-3)17-19-18-15(23-17)7-6-12-5-4-8-24-12/h4-10H,1-3H3/b7-6+. The first-order chi connectivity index (χ1) is 11.7. The molecule has 0 N–H and O–H groups in total. The van der Waals surface area contributed by atoms with Crippen LogP contribution in [0.4, 0.5) is 0 Å². The molecular weight excluding hydrogens is 328 g/mol. The summed E-state index contributed by atoms with van der Waals surface area (Å²) >= 11 is 1.64. The smallest absolute Gasteiger partial charge is 0.248 e. The van der Waals surface area contributed by atoms with Gasteiger partial charge in [0.25, 0.3) is 0 Å². The monoisotopic (exact) mass is 344 g/mol. The molecule has 3 aromatic rings. The van der Waals surface area contributed by atoms with Gasteiger partial charge in [-0.15, -0.1) is 21.5 Å². The Labute approximate surface area is 143 Å². The number of hydrogen-bond acceptors (Lipinski definition) is 7. The maximum atomic E-state index is 5.68. The van der Waals surface area contributed by atoms with Gasteiger partial charge in [0, 0.05) is 16.5 Å². The van der Waals surface area contributed by atoms with Crippen LogP contribution in [0, 0.1) is 0 Å². The maximum Gasteiger partial charge on any atom is 0.248 e. The molecule has 3 rings (SSSR count). The number of aromatic nitrogens is 2. The number of hydrogen-bond donors (Lipinski definition) is 0. The molecule has 0 aliphatic carbocycles. The van der Waals surface area contributed by atoms with Gasteiger partial charge in [0.2, 0.25) is 17.5 Å². The van der Waals surface area contributed by atoms with Gasteiger partial charge in [-0.25, -0.2) is 0 Å². The van der Waals surface area contributed by atoms with Crippen LogP contribution in [0.25, 0.3) is 23.6 Å². The Hall–Kier alpha value is -2.80. The average molecular weight is 344 g/mol. The van der Waals surface area contributed by atoms with Crippen LogP contribution in [0.2, 0.25) is 0 Å². The van der Waals surface area contributed by atoms with Crippen molar-refractivity contribution in [3.8, 4) is 28.7 Å². The minimum atomic E-state index is 0.375. The number of methoxy groups -OCH3 is 3. The zero-order valence-corrected chi connectivity index (χ0v) is 14.3. The fourth-order valence-electron chi connectivity index (χ4n) is 2.16. The van der Waals surface area contributed by atoms with Crippen molar-refractivity contribution in [1.29, 1.82) is 0 Å². The summed E-state index contributed by atoms with van der Waals surface area (Å²) in [6, 6.07) is 7.53. The van der Waals surface area contributed by atoms with Crippen LogP contribution in [-0.4, -0.2) is 31.5 Å². The van der Waals surface area contributed by atoms with Crippen LogP contribution in [-0.2, 0) is 0 Å². The highest BCUT2D eigenvalue weighted by Gasteiger charge is 2.17. The molecule has 2 aromatic heterocycles. The van der Waals surface area contributed by atoms with E-state index in [1.54, 1.807) is 50.9 Å². The van der Waals surface area contributed by atoms with E-state index >= 15 is 0 Å². The van der Waals surface area contributed by atoms with Crippen molar-refractivity contribution in [2.75, 3.05) is 21.3 Å². The first-order valence-electron chi connectivity index (χ1n) is 7.10. The molecule has 0 spiro atoms. The lowest BCUT2D eigenvalue weighted by Gasteiger charge is -2.12. The molecule has 1 aromatic carbocycles. The van der Waals surface area contributed by atoms with E-state index in [0.717, 1.165) is 4.88 Å². The fraction of sp³-hybridized carbons (Fsp3) is 0.176. The molecule has 0 unspecified atom stereocenters. The number of ether oxygens (including phenoxy) is 3. The Balaban J connectivity index is 1.92. The predicted octanol–water partition coefficient (Wildman–Crippen LogP) is 3.99. The van der Waals surface area contributed by atoms with Crippen molar-refractivity contribution < 1.29 is 18.6 Å². The lowest BCUT2D eigenvalue weighted by Crippen LogP contribution is -1.95. The normalized spacial score (nSPS) is 11.0. The van der Waals surface area contributed by atoms with Crippen molar-refractivity contribution in [2.45, 2.75) is 0 Å². The molecule has 0 aliphatic heterocycles. The quantitative estimate of drug-likeness (QED) is 0.673. The zero-order valence-electron chi connectivity index (χ0n) is 13.5. The Morgan fingerprint density at radius 3 is 2.33 bits per heavy atom. The summed E-state index contributed by atoms with van der Waals surface area (Å²) in [5, 5.41) is 10.1. The average Bonchev–Trinajstić information content (AvgIpc) is 3.30. The zero-order chi connectivity index (χ0) is 16.9. The van der Waals surface area contributed by atoms with Gasteiger partial charge in [0.05, 0.1) is 21.3 Å².